The minimum absolute atomic E-state index is 0.130. The molecule has 1 heterocycles. The standard InChI is InChI=1S/C23H25Cl2NO3/c1-3-6-20-23(28)26(19(4-2)14-27)21(15-9-11-17(24)12-10-15)22(29-20)16-7-5-8-18(25)13-16/h3,5,7-13,19-22,27H,1,4,6,14H2,2H3/t19?,20-,21+,22+/m0/s1. The normalized spacial score (nSPS) is 23.1. The molecule has 4 nitrogen and oxygen atoms in total. The van der Waals surface area contributed by atoms with Crippen LogP contribution in [-0.4, -0.2) is 34.7 Å². The highest BCUT2D eigenvalue weighted by molar-refractivity contribution is 6.30. The predicted molar refractivity (Wildman–Crippen MR) is 116 cm³/mol. The molecule has 1 N–H and O–H groups in total. The van der Waals surface area contributed by atoms with Crippen LogP contribution in [0.3, 0.4) is 0 Å². The fourth-order valence-corrected chi connectivity index (χ4v) is 4.15. The zero-order chi connectivity index (χ0) is 21.0. The quantitative estimate of drug-likeness (QED) is 0.598. The van der Waals surface area contributed by atoms with Crippen LogP contribution in [0.5, 0.6) is 0 Å². The Hall–Kier alpha value is -1.85. The van der Waals surface area contributed by atoms with Crippen molar-refractivity contribution in [2.75, 3.05) is 6.61 Å². The van der Waals surface area contributed by atoms with Gasteiger partial charge in [0.2, 0.25) is 0 Å². The smallest absolute Gasteiger partial charge is 0.253 e. The molecule has 0 aliphatic carbocycles. The Bertz CT molecular complexity index is 851. The second-order valence-electron chi connectivity index (χ2n) is 7.11. The molecule has 0 spiro atoms. The van der Waals surface area contributed by atoms with Gasteiger partial charge in [0.15, 0.2) is 0 Å². The highest BCUT2D eigenvalue weighted by Crippen LogP contribution is 2.44. The van der Waals surface area contributed by atoms with E-state index < -0.39 is 18.2 Å². The van der Waals surface area contributed by atoms with Crippen molar-refractivity contribution in [1.29, 1.82) is 0 Å². The maximum atomic E-state index is 13.4. The maximum absolute atomic E-state index is 13.4. The lowest BCUT2D eigenvalue weighted by Crippen LogP contribution is -2.55. The number of amides is 1. The number of morpholine rings is 1. The largest absolute Gasteiger partial charge is 0.394 e. The summed E-state index contributed by atoms with van der Waals surface area (Å²) in [4.78, 5) is 15.1. The molecule has 0 saturated carbocycles. The molecule has 4 atom stereocenters. The van der Waals surface area contributed by atoms with Gasteiger partial charge in [-0.15, -0.1) is 6.58 Å². The Kier molecular flexibility index (Phi) is 7.36. The molecule has 1 amide bonds. The van der Waals surface area contributed by atoms with Crippen molar-refractivity contribution in [3.05, 3.63) is 82.4 Å². The van der Waals surface area contributed by atoms with E-state index in [9.17, 15) is 9.90 Å². The van der Waals surface area contributed by atoms with Crippen molar-refractivity contribution < 1.29 is 14.6 Å². The third-order valence-electron chi connectivity index (χ3n) is 5.27. The first kappa shape index (κ1) is 21.8. The second-order valence-corrected chi connectivity index (χ2v) is 7.98. The Labute approximate surface area is 181 Å². The second kappa shape index (κ2) is 9.77. The molecular formula is C23H25Cl2NO3. The van der Waals surface area contributed by atoms with E-state index in [0.717, 1.165) is 11.1 Å². The van der Waals surface area contributed by atoms with Crippen LogP contribution >= 0.6 is 23.2 Å². The Morgan fingerprint density at radius 2 is 1.90 bits per heavy atom. The van der Waals surface area contributed by atoms with Crippen LogP contribution in [-0.2, 0) is 9.53 Å². The number of benzene rings is 2. The van der Waals surface area contributed by atoms with Crippen LogP contribution in [0.25, 0.3) is 0 Å². The lowest BCUT2D eigenvalue weighted by atomic mass is 9.89. The van der Waals surface area contributed by atoms with Crippen LogP contribution in [0.4, 0.5) is 0 Å². The monoisotopic (exact) mass is 433 g/mol. The predicted octanol–water partition coefficient (Wildman–Crippen LogP) is 5.35. The summed E-state index contributed by atoms with van der Waals surface area (Å²) in [6, 6.07) is 14.1. The molecule has 0 bridgehead atoms. The van der Waals surface area contributed by atoms with Crippen LogP contribution in [0.15, 0.2) is 61.2 Å². The number of carbonyl (C=O) groups is 1. The fraction of sp³-hybridized carbons (Fsp3) is 0.348. The summed E-state index contributed by atoms with van der Waals surface area (Å²) in [5, 5.41) is 11.2. The summed E-state index contributed by atoms with van der Waals surface area (Å²) < 4.78 is 6.31. The number of halogens is 2. The van der Waals surface area contributed by atoms with Crippen molar-refractivity contribution in [3.8, 4) is 0 Å². The number of aliphatic hydroxyl groups is 1. The highest BCUT2D eigenvalue weighted by atomic mass is 35.5. The van der Waals surface area contributed by atoms with Gasteiger partial charge in [-0.2, -0.15) is 0 Å². The average molecular weight is 434 g/mol. The molecule has 1 fully saturated rings. The number of hydrogen-bond acceptors (Lipinski definition) is 3. The number of hydrogen-bond donors (Lipinski definition) is 1. The van der Waals surface area contributed by atoms with E-state index in [0.29, 0.717) is 22.9 Å². The van der Waals surface area contributed by atoms with Gasteiger partial charge < -0.3 is 14.7 Å². The summed E-state index contributed by atoms with van der Waals surface area (Å²) in [7, 11) is 0. The summed E-state index contributed by atoms with van der Waals surface area (Å²) in [5.74, 6) is -0.149. The molecule has 6 heteroatoms. The molecular weight excluding hydrogens is 409 g/mol. The van der Waals surface area contributed by atoms with Crippen molar-refractivity contribution in [1.82, 2.24) is 4.90 Å². The molecule has 29 heavy (non-hydrogen) atoms. The molecule has 0 aromatic heterocycles. The summed E-state index contributed by atoms with van der Waals surface area (Å²) >= 11 is 12.3. The summed E-state index contributed by atoms with van der Waals surface area (Å²) in [5.41, 5.74) is 1.76. The van der Waals surface area contributed by atoms with E-state index in [-0.39, 0.29) is 18.6 Å². The van der Waals surface area contributed by atoms with Gasteiger partial charge in [-0.3, -0.25) is 4.79 Å². The fourth-order valence-electron chi connectivity index (χ4n) is 3.83. The Balaban J connectivity index is 2.16. The first-order valence-electron chi connectivity index (χ1n) is 9.70. The van der Waals surface area contributed by atoms with Crippen molar-refractivity contribution >= 4 is 29.1 Å². The first-order chi connectivity index (χ1) is 14.0. The zero-order valence-electron chi connectivity index (χ0n) is 16.3. The van der Waals surface area contributed by atoms with E-state index >= 15 is 0 Å². The van der Waals surface area contributed by atoms with Gasteiger partial charge in [0.25, 0.3) is 5.91 Å². The SMILES string of the molecule is C=CC[C@@H]1O[C@H](c2cccc(Cl)c2)[C@@H](c2ccc(Cl)cc2)N(C(CC)CO)C1=O. The minimum atomic E-state index is -0.666. The number of nitrogens with zero attached hydrogens (tertiary/aromatic N) is 1. The molecule has 1 saturated heterocycles. The number of carbonyl (C=O) groups excluding carboxylic acids is 1. The van der Waals surface area contributed by atoms with Crippen molar-refractivity contribution in [2.24, 2.45) is 0 Å². The first-order valence-corrected chi connectivity index (χ1v) is 10.5. The molecule has 154 valence electrons. The average Bonchev–Trinajstić information content (AvgIpc) is 2.72. The maximum Gasteiger partial charge on any atom is 0.253 e. The third kappa shape index (κ3) is 4.67. The molecule has 2 aromatic carbocycles. The van der Waals surface area contributed by atoms with Gasteiger partial charge in [0, 0.05) is 16.5 Å². The van der Waals surface area contributed by atoms with Crippen molar-refractivity contribution in [3.63, 3.8) is 0 Å². The number of aliphatic hydroxyl groups excluding tert-OH is 1. The van der Waals surface area contributed by atoms with Gasteiger partial charge in [0.1, 0.15) is 12.2 Å². The van der Waals surface area contributed by atoms with Gasteiger partial charge in [0.05, 0.1) is 18.7 Å². The van der Waals surface area contributed by atoms with Gasteiger partial charge in [-0.25, -0.2) is 0 Å². The minimum Gasteiger partial charge on any atom is -0.394 e. The molecule has 1 aliphatic heterocycles. The summed E-state index contributed by atoms with van der Waals surface area (Å²) in [6.45, 7) is 5.59. The molecule has 1 unspecified atom stereocenters. The van der Waals surface area contributed by atoms with E-state index in [4.69, 9.17) is 27.9 Å². The lowest BCUT2D eigenvalue weighted by Gasteiger charge is -2.47. The van der Waals surface area contributed by atoms with Gasteiger partial charge >= 0.3 is 0 Å². The zero-order valence-corrected chi connectivity index (χ0v) is 17.8. The van der Waals surface area contributed by atoms with E-state index in [1.807, 2.05) is 37.3 Å². The Morgan fingerprint density at radius 1 is 1.17 bits per heavy atom. The number of rotatable bonds is 7. The highest BCUT2D eigenvalue weighted by Gasteiger charge is 2.45. The molecule has 3 rings (SSSR count). The van der Waals surface area contributed by atoms with E-state index in [1.165, 1.54) is 0 Å². The Morgan fingerprint density at radius 3 is 2.48 bits per heavy atom. The lowest BCUT2D eigenvalue weighted by molar-refractivity contribution is -0.180. The van der Waals surface area contributed by atoms with Crippen LogP contribution in [0.2, 0.25) is 10.0 Å². The summed E-state index contributed by atoms with van der Waals surface area (Å²) in [6.07, 6.45) is 1.58. The topological polar surface area (TPSA) is 49.8 Å². The van der Waals surface area contributed by atoms with Gasteiger partial charge in [-0.1, -0.05) is 60.5 Å². The van der Waals surface area contributed by atoms with Crippen molar-refractivity contribution in [2.45, 2.75) is 44.1 Å². The molecule has 0 radical (unpaired) electrons. The van der Waals surface area contributed by atoms with Crippen LogP contribution in [0.1, 0.15) is 43.0 Å². The molecule has 2 aromatic rings. The van der Waals surface area contributed by atoms with E-state index in [1.54, 1.807) is 29.2 Å². The number of ether oxygens (including phenoxy) is 1. The van der Waals surface area contributed by atoms with Crippen LogP contribution < -0.4 is 0 Å². The third-order valence-corrected chi connectivity index (χ3v) is 5.76. The van der Waals surface area contributed by atoms with Crippen LogP contribution in [0, 0.1) is 0 Å². The van der Waals surface area contributed by atoms with E-state index in [2.05, 4.69) is 6.58 Å². The van der Waals surface area contributed by atoms with Gasteiger partial charge in [-0.05, 0) is 41.8 Å². The molecule has 1 aliphatic rings.